The minimum Gasteiger partial charge on any atom is -0.455 e. The fourth-order valence-electron chi connectivity index (χ4n) is 5.70. The van der Waals surface area contributed by atoms with Crippen LogP contribution in [0.25, 0.3) is 0 Å². The van der Waals surface area contributed by atoms with Gasteiger partial charge in [0.15, 0.2) is 6.35 Å². The molecule has 2 N–H and O–H groups in total. The summed E-state index contributed by atoms with van der Waals surface area (Å²) in [6, 6.07) is 7.98. The summed E-state index contributed by atoms with van der Waals surface area (Å²) in [6.45, 7) is 36.7. The van der Waals surface area contributed by atoms with E-state index < -0.39 is 54.9 Å². The summed E-state index contributed by atoms with van der Waals surface area (Å²) in [5.41, 5.74) is 2.63. The van der Waals surface area contributed by atoms with Gasteiger partial charge in [-0.1, -0.05) is 149 Å². The highest BCUT2D eigenvalue weighted by atomic mass is 31.2. The second-order valence-electron chi connectivity index (χ2n) is 19.5. The predicted octanol–water partition coefficient (Wildman–Crippen LogP) is 9.46. The van der Waals surface area contributed by atoms with E-state index in [0.717, 1.165) is 22.3 Å². The molecule has 2 aromatic carbocycles. The second kappa shape index (κ2) is 12.9. The molecule has 47 heavy (non-hydrogen) atoms. The Labute approximate surface area is 286 Å². The normalized spacial score (nSPS) is 16.4. The monoisotopic (exact) mass is 690 g/mol. The minimum atomic E-state index is -4.34. The van der Waals surface area contributed by atoms with Crippen LogP contribution in [0.15, 0.2) is 24.3 Å². The third kappa shape index (κ3) is 9.94. The van der Waals surface area contributed by atoms with Crippen LogP contribution in [0, 0.1) is 0 Å². The van der Waals surface area contributed by atoms with E-state index >= 15 is 0 Å². The SMILES string of the molecule is CC(C)(C)c1cc(C(C)(C)C)c(P(=O)(O)COC(=O)CP(=O)(O)c2c(C(C)(C)C)cc(C(C)(C)C)cc2C(C)(C)C)c(C(C)(C)C)c1. The Balaban J connectivity index is 2.67. The first-order valence-corrected chi connectivity index (χ1v) is 20.4. The Bertz CT molecular complexity index is 1520. The molecule has 0 radical (unpaired) electrons. The summed E-state index contributed by atoms with van der Waals surface area (Å²) in [6.07, 6.45) is -1.58. The maximum atomic E-state index is 14.3. The van der Waals surface area contributed by atoms with Gasteiger partial charge in [0.25, 0.3) is 7.37 Å². The molecule has 0 saturated heterocycles. The zero-order valence-electron chi connectivity index (χ0n) is 32.6. The molecule has 0 fully saturated rings. The first-order chi connectivity index (χ1) is 20.5. The van der Waals surface area contributed by atoms with Gasteiger partial charge in [0.2, 0.25) is 7.37 Å². The molecular formula is C39H64O6P2. The van der Waals surface area contributed by atoms with Crippen LogP contribution >= 0.6 is 14.7 Å². The zero-order valence-corrected chi connectivity index (χ0v) is 34.4. The minimum absolute atomic E-state index is 0.199. The van der Waals surface area contributed by atoms with Crippen molar-refractivity contribution in [1.29, 1.82) is 0 Å². The van der Waals surface area contributed by atoms with Gasteiger partial charge in [0.05, 0.1) is 0 Å². The topological polar surface area (TPSA) is 101 Å². The average molecular weight is 691 g/mol. The number of esters is 1. The third-order valence-electron chi connectivity index (χ3n) is 8.63. The first-order valence-electron chi connectivity index (χ1n) is 16.7. The molecule has 0 aliphatic carbocycles. The van der Waals surface area contributed by atoms with Crippen molar-refractivity contribution in [2.24, 2.45) is 0 Å². The maximum absolute atomic E-state index is 14.3. The Morgan fingerprint density at radius 2 is 0.766 bits per heavy atom. The highest BCUT2D eigenvalue weighted by molar-refractivity contribution is 7.67. The molecule has 0 aromatic heterocycles. The van der Waals surface area contributed by atoms with Crippen molar-refractivity contribution in [3.05, 3.63) is 57.6 Å². The summed E-state index contributed by atoms with van der Waals surface area (Å²) in [5.74, 6) is -0.981. The van der Waals surface area contributed by atoms with Crippen molar-refractivity contribution < 1.29 is 28.4 Å². The van der Waals surface area contributed by atoms with E-state index in [4.69, 9.17) is 4.74 Å². The van der Waals surface area contributed by atoms with E-state index in [0.29, 0.717) is 16.4 Å². The first kappa shape index (κ1) is 41.5. The van der Waals surface area contributed by atoms with Gasteiger partial charge in [-0.05, 0) is 65.9 Å². The fourth-order valence-corrected chi connectivity index (χ4v) is 9.85. The molecule has 0 aliphatic rings. The van der Waals surface area contributed by atoms with Gasteiger partial charge in [-0.25, -0.2) is 0 Å². The summed E-state index contributed by atoms with van der Waals surface area (Å²) >= 11 is 0. The molecule has 0 aliphatic heterocycles. The van der Waals surface area contributed by atoms with Crippen LogP contribution in [-0.2, 0) is 51.2 Å². The predicted molar refractivity (Wildman–Crippen MR) is 200 cm³/mol. The van der Waals surface area contributed by atoms with Gasteiger partial charge in [0, 0.05) is 10.6 Å². The standard InChI is InChI=1S/C39H64O6P2/c1-34(2,3)25-19-27(36(7,8)9)32(28(20-25)37(10,11)12)46(41,42)23-31(40)45-24-47(43,44)33-29(38(13,14)15)21-26(35(4,5)6)22-30(33)39(16,17)18/h19-22H,23-24H2,1-18H3,(H,41,42)(H,43,44). The quantitative estimate of drug-likeness (QED) is 0.231. The Morgan fingerprint density at radius 3 is 1.00 bits per heavy atom. The van der Waals surface area contributed by atoms with Gasteiger partial charge in [-0.3, -0.25) is 13.9 Å². The largest absolute Gasteiger partial charge is 0.455 e. The van der Waals surface area contributed by atoms with Crippen molar-refractivity contribution in [3.8, 4) is 0 Å². The van der Waals surface area contributed by atoms with E-state index in [-0.39, 0.29) is 16.1 Å². The number of carbonyl (C=O) groups excluding carboxylic acids is 1. The number of benzene rings is 2. The zero-order chi connectivity index (χ0) is 37.1. The molecule has 2 aromatic rings. The molecule has 0 saturated carbocycles. The van der Waals surface area contributed by atoms with Gasteiger partial charge in [0.1, 0.15) is 6.16 Å². The van der Waals surface area contributed by atoms with Crippen LogP contribution in [-0.4, -0.2) is 28.3 Å². The Kier molecular flexibility index (Phi) is 11.4. The highest BCUT2D eigenvalue weighted by Gasteiger charge is 2.41. The van der Waals surface area contributed by atoms with E-state index in [9.17, 15) is 23.7 Å². The van der Waals surface area contributed by atoms with Crippen LogP contribution in [0.2, 0.25) is 0 Å². The van der Waals surface area contributed by atoms with Crippen LogP contribution in [0.4, 0.5) is 0 Å². The summed E-state index contributed by atoms with van der Waals surface area (Å²) in [7, 11) is -8.63. The number of ether oxygens (including phenoxy) is 1. The molecule has 2 rings (SSSR count). The molecule has 6 nitrogen and oxygen atoms in total. The number of hydrogen-bond acceptors (Lipinski definition) is 4. The molecule has 2 atom stereocenters. The molecule has 0 heterocycles. The smallest absolute Gasteiger partial charge is 0.316 e. The van der Waals surface area contributed by atoms with Crippen molar-refractivity contribution in [1.82, 2.24) is 0 Å². The summed E-state index contributed by atoms with van der Waals surface area (Å²) in [5, 5.41) is 0.575. The van der Waals surface area contributed by atoms with E-state index in [1.54, 1.807) is 0 Å². The average Bonchev–Trinajstić information content (AvgIpc) is 2.82. The maximum Gasteiger partial charge on any atom is 0.316 e. The number of hydrogen-bond donors (Lipinski definition) is 2. The van der Waals surface area contributed by atoms with Gasteiger partial charge in [-0.15, -0.1) is 0 Å². The lowest BCUT2D eigenvalue weighted by atomic mass is 9.75. The van der Waals surface area contributed by atoms with Crippen molar-refractivity contribution in [2.75, 3.05) is 12.5 Å². The van der Waals surface area contributed by atoms with Gasteiger partial charge in [-0.2, -0.15) is 0 Å². The van der Waals surface area contributed by atoms with E-state index in [2.05, 4.69) is 41.5 Å². The summed E-state index contributed by atoms with van der Waals surface area (Å²) < 4.78 is 34.1. The molecular weight excluding hydrogens is 626 g/mol. The molecule has 0 spiro atoms. The summed E-state index contributed by atoms with van der Waals surface area (Å²) in [4.78, 5) is 36.8. The molecule has 266 valence electrons. The van der Waals surface area contributed by atoms with Gasteiger partial charge >= 0.3 is 5.97 Å². The molecule has 0 amide bonds. The molecule has 2 unspecified atom stereocenters. The highest BCUT2D eigenvalue weighted by Crippen LogP contribution is 2.50. The van der Waals surface area contributed by atoms with Crippen LogP contribution < -0.4 is 10.6 Å². The lowest BCUT2D eigenvalue weighted by molar-refractivity contribution is -0.138. The Morgan fingerprint density at radius 1 is 0.511 bits per heavy atom. The van der Waals surface area contributed by atoms with Crippen LogP contribution in [0.3, 0.4) is 0 Å². The number of carbonyl (C=O) groups is 1. The lowest BCUT2D eigenvalue weighted by Crippen LogP contribution is -2.34. The van der Waals surface area contributed by atoms with E-state index in [1.807, 2.05) is 107 Å². The lowest BCUT2D eigenvalue weighted by Gasteiger charge is -2.35. The van der Waals surface area contributed by atoms with Crippen LogP contribution in [0.1, 0.15) is 158 Å². The number of rotatable bonds is 6. The Hall–Kier alpha value is -1.71. The fraction of sp³-hybridized carbons (Fsp3) is 0.667. The molecule has 8 heteroatoms. The van der Waals surface area contributed by atoms with Crippen molar-refractivity contribution in [2.45, 2.75) is 157 Å². The van der Waals surface area contributed by atoms with Crippen LogP contribution in [0.5, 0.6) is 0 Å². The second-order valence-corrected chi connectivity index (χ2v) is 23.8. The van der Waals surface area contributed by atoms with Crippen molar-refractivity contribution >= 4 is 31.3 Å². The van der Waals surface area contributed by atoms with E-state index in [1.165, 1.54) is 0 Å². The van der Waals surface area contributed by atoms with Gasteiger partial charge < -0.3 is 14.5 Å². The van der Waals surface area contributed by atoms with Crippen molar-refractivity contribution in [3.63, 3.8) is 0 Å². The third-order valence-corrected chi connectivity index (χ3v) is 12.2. The molecule has 0 bridgehead atoms.